The minimum atomic E-state index is -0.577. The van der Waals surface area contributed by atoms with Crippen LogP contribution in [0.3, 0.4) is 0 Å². The Morgan fingerprint density at radius 3 is 2.00 bits per heavy atom. The molecular formula is C17H18N2O4. The summed E-state index contributed by atoms with van der Waals surface area (Å²) in [6.07, 6.45) is 0. The average Bonchev–Trinajstić information content (AvgIpc) is 2.61. The molecule has 23 heavy (non-hydrogen) atoms. The Labute approximate surface area is 134 Å². The highest BCUT2D eigenvalue weighted by molar-refractivity contribution is 5.95. The first-order valence-corrected chi connectivity index (χ1v) is 7.04. The summed E-state index contributed by atoms with van der Waals surface area (Å²) >= 11 is 0. The van der Waals surface area contributed by atoms with E-state index in [1.165, 1.54) is 0 Å². The normalized spacial score (nSPS) is 11.4. The maximum atomic E-state index is 12.2. The third-order valence-corrected chi connectivity index (χ3v) is 3.47. The van der Waals surface area contributed by atoms with Crippen molar-refractivity contribution in [2.45, 2.75) is 13.0 Å². The summed E-state index contributed by atoms with van der Waals surface area (Å²) in [7, 11) is 1.57. The Morgan fingerprint density at radius 2 is 1.48 bits per heavy atom. The van der Waals surface area contributed by atoms with Gasteiger partial charge >= 0.3 is 0 Å². The van der Waals surface area contributed by atoms with E-state index in [0.717, 1.165) is 5.56 Å². The summed E-state index contributed by atoms with van der Waals surface area (Å²) in [5, 5.41) is 11.5. The first-order chi connectivity index (χ1) is 11.0. The summed E-state index contributed by atoms with van der Waals surface area (Å²) in [5.74, 6) is -0.0869. The lowest BCUT2D eigenvalue weighted by Gasteiger charge is -2.15. The number of carbonyl (C=O) groups excluding carboxylic acids is 2. The van der Waals surface area contributed by atoms with Crippen LogP contribution >= 0.6 is 0 Å². The van der Waals surface area contributed by atoms with Crippen LogP contribution in [0.2, 0.25) is 0 Å². The molecule has 0 aliphatic carbocycles. The minimum Gasteiger partial charge on any atom is -0.497 e. The van der Waals surface area contributed by atoms with Gasteiger partial charge in [-0.1, -0.05) is 12.1 Å². The molecule has 0 spiro atoms. The molecule has 6 nitrogen and oxygen atoms in total. The fourth-order valence-electron chi connectivity index (χ4n) is 2.09. The number of hydroxylamine groups is 1. The minimum absolute atomic E-state index is 0.197. The number of hydrogen-bond acceptors (Lipinski definition) is 4. The highest BCUT2D eigenvalue weighted by Gasteiger charge is 2.12. The van der Waals surface area contributed by atoms with Crippen LogP contribution in [0, 0.1) is 0 Å². The zero-order valence-electron chi connectivity index (χ0n) is 12.9. The van der Waals surface area contributed by atoms with Crippen LogP contribution in [0.25, 0.3) is 0 Å². The van der Waals surface area contributed by atoms with Gasteiger partial charge in [0.15, 0.2) is 0 Å². The molecule has 0 unspecified atom stereocenters. The summed E-state index contributed by atoms with van der Waals surface area (Å²) in [4.78, 5) is 23.5. The first kappa shape index (κ1) is 16.5. The van der Waals surface area contributed by atoms with Gasteiger partial charge in [-0.2, -0.15) is 0 Å². The Kier molecular flexibility index (Phi) is 5.32. The second kappa shape index (κ2) is 7.42. The van der Waals surface area contributed by atoms with Gasteiger partial charge in [-0.25, -0.2) is 5.48 Å². The van der Waals surface area contributed by atoms with Gasteiger partial charge in [-0.05, 0) is 48.9 Å². The maximum Gasteiger partial charge on any atom is 0.274 e. The first-order valence-electron chi connectivity index (χ1n) is 7.04. The van der Waals surface area contributed by atoms with Gasteiger partial charge in [-0.3, -0.25) is 14.8 Å². The van der Waals surface area contributed by atoms with Crippen molar-refractivity contribution in [2.24, 2.45) is 0 Å². The molecule has 0 heterocycles. The lowest BCUT2D eigenvalue weighted by atomic mass is 10.1. The van der Waals surface area contributed by atoms with Crippen LogP contribution in [0.15, 0.2) is 48.5 Å². The van der Waals surface area contributed by atoms with E-state index in [1.54, 1.807) is 61.1 Å². The van der Waals surface area contributed by atoms with Gasteiger partial charge in [0.25, 0.3) is 11.8 Å². The molecule has 0 bridgehead atoms. The summed E-state index contributed by atoms with van der Waals surface area (Å²) in [6.45, 7) is 1.85. The van der Waals surface area contributed by atoms with Gasteiger partial charge in [0.2, 0.25) is 0 Å². The quantitative estimate of drug-likeness (QED) is 0.584. The topological polar surface area (TPSA) is 87.7 Å². The standard InChI is InChI=1S/C17H18N2O4/c1-11(12-3-5-14(6-4-12)17(21)19-22)18-16(20)13-7-9-15(23-2)10-8-13/h3-11,22H,1-2H3,(H,18,20)(H,19,21)/t11-/m1/s1. The smallest absolute Gasteiger partial charge is 0.274 e. The fourth-order valence-corrected chi connectivity index (χ4v) is 2.09. The SMILES string of the molecule is COc1ccc(C(=O)N[C@H](C)c2ccc(C(=O)NO)cc2)cc1. The summed E-state index contributed by atoms with van der Waals surface area (Å²) in [5.41, 5.74) is 3.30. The second-order valence-corrected chi connectivity index (χ2v) is 4.99. The van der Waals surface area contributed by atoms with Crippen molar-refractivity contribution in [1.82, 2.24) is 10.8 Å². The molecule has 1 atom stereocenters. The number of ether oxygens (including phenoxy) is 1. The molecule has 0 aliphatic rings. The van der Waals surface area contributed by atoms with Crippen molar-refractivity contribution in [2.75, 3.05) is 7.11 Å². The maximum absolute atomic E-state index is 12.2. The predicted octanol–water partition coefficient (Wildman–Crippen LogP) is 2.31. The highest BCUT2D eigenvalue weighted by Crippen LogP contribution is 2.16. The summed E-state index contributed by atoms with van der Waals surface area (Å²) < 4.78 is 5.06. The molecule has 0 radical (unpaired) electrons. The average molecular weight is 314 g/mol. The summed E-state index contributed by atoms with van der Waals surface area (Å²) in [6, 6.07) is 13.2. The van der Waals surface area contributed by atoms with Crippen molar-refractivity contribution in [3.63, 3.8) is 0 Å². The number of hydrogen-bond donors (Lipinski definition) is 3. The third kappa shape index (κ3) is 4.08. The van der Waals surface area contributed by atoms with Crippen molar-refractivity contribution >= 4 is 11.8 Å². The van der Waals surface area contributed by atoms with E-state index in [2.05, 4.69) is 5.32 Å². The molecule has 6 heteroatoms. The third-order valence-electron chi connectivity index (χ3n) is 3.47. The molecule has 120 valence electrons. The van der Waals surface area contributed by atoms with E-state index < -0.39 is 5.91 Å². The molecule has 0 saturated heterocycles. The Morgan fingerprint density at radius 1 is 0.957 bits per heavy atom. The van der Waals surface area contributed by atoms with E-state index in [4.69, 9.17) is 9.94 Å². The van der Waals surface area contributed by atoms with Gasteiger partial charge in [0.05, 0.1) is 13.2 Å². The van der Waals surface area contributed by atoms with Gasteiger partial charge in [-0.15, -0.1) is 0 Å². The number of benzene rings is 2. The number of methoxy groups -OCH3 is 1. The monoisotopic (exact) mass is 314 g/mol. The van der Waals surface area contributed by atoms with Gasteiger partial charge in [0, 0.05) is 11.1 Å². The van der Waals surface area contributed by atoms with Crippen LogP contribution in [0.5, 0.6) is 5.75 Å². The number of nitrogens with one attached hydrogen (secondary N) is 2. The lowest BCUT2D eigenvalue weighted by molar-refractivity contribution is 0.0706. The van der Waals surface area contributed by atoms with E-state index in [0.29, 0.717) is 16.9 Å². The molecule has 2 aromatic carbocycles. The highest BCUT2D eigenvalue weighted by atomic mass is 16.5. The Bertz CT molecular complexity index is 681. The molecule has 0 aliphatic heterocycles. The largest absolute Gasteiger partial charge is 0.497 e. The van der Waals surface area contributed by atoms with Crippen LogP contribution in [0.1, 0.15) is 39.2 Å². The molecular weight excluding hydrogens is 296 g/mol. The molecule has 2 rings (SSSR count). The molecule has 0 saturated carbocycles. The second-order valence-electron chi connectivity index (χ2n) is 4.99. The van der Waals surface area contributed by atoms with Crippen LogP contribution in [-0.2, 0) is 0 Å². The Hall–Kier alpha value is -2.86. The molecule has 2 amide bonds. The van der Waals surface area contributed by atoms with Crippen molar-refractivity contribution < 1.29 is 19.5 Å². The fraction of sp³-hybridized carbons (Fsp3) is 0.176. The van der Waals surface area contributed by atoms with Gasteiger partial charge < -0.3 is 10.1 Å². The predicted molar refractivity (Wildman–Crippen MR) is 84.6 cm³/mol. The van der Waals surface area contributed by atoms with E-state index in [9.17, 15) is 9.59 Å². The van der Waals surface area contributed by atoms with Crippen molar-refractivity contribution in [3.05, 3.63) is 65.2 Å². The molecule has 0 fully saturated rings. The van der Waals surface area contributed by atoms with E-state index in [1.807, 2.05) is 6.92 Å². The number of carbonyl (C=O) groups is 2. The molecule has 3 N–H and O–H groups in total. The Balaban J connectivity index is 2.03. The van der Waals surface area contributed by atoms with Crippen molar-refractivity contribution in [3.8, 4) is 5.75 Å². The van der Waals surface area contributed by atoms with E-state index in [-0.39, 0.29) is 11.9 Å². The molecule has 0 aromatic heterocycles. The lowest BCUT2D eigenvalue weighted by Crippen LogP contribution is -2.26. The van der Waals surface area contributed by atoms with Crippen molar-refractivity contribution in [1.29, 1.82) is 0 Å². The molecule has 2 aromatic rings. The zero-order valence-corrected chi connectivity index (χ0v) is 12.9. The zero-order chi connectivity index (χ0) is 16.8. The van der Waals surface area contributed by atoms with Crippen LogP contribution < -0.4 is 15.5 Å². The van der Waals surface area contributed by atoms with Crippen LogP contribution in [0.4, 0.5) is 0 Å². The van der Waals surface area contributed by atoms with E-state index >= 15 is 0 Å². The van der Waals surface area contributed by atoms with Gasteiger partial charge in [0.1, 0.15) is 5.75 Å². The number of amides is 2. The van der Waals surface area contributed by atoms with Crippen LogP contribution in [-0.4, -0.2) is 24.1 Å². The number of rotatable bonds is 5.